The van der Waals surface area contributed by atoms with Gasteiger partial charge < -0.3 is 20.7 Å². The van der Waals surface area contributed by atoms with E-state index in [4.69, 9.17) is 10.5 Å². The van der Waals surface area contributed by atoms with Crippen LogP contribution in [-0.4, -0.2) is 55.7 Å². The highest BCUT2D eigenvalue weighted by atomic mass is 16.5. The Kier molecular flexibility index (Phi) is 4.36. The molecule has 2 heterocycles. The van der Waals surface area contributed by atoms with Crippen LogP contribution in [0, 0.1) is 0 Å². The zero-order valence-electron chi connectivity index (χ0n) is 10.5. The van der Waals surface area contributed by atoms with E-state index >= 15 is 0 Å². The summed E-state index contributed by atoms with van der Waals surface area (Å²) in [5.74, 6) is 0.0289. The molecule has 5 heteroatoms. The molecule has 1 amide bonds. The summed E-state index contributed by atoms with van der Waals surface area (Å²) < 4.78 is 5.56. The third-order valence-corrected chi connectivity index (χ3v) is 3.85. The minimum atomic E-state index is -0.282. The summed E-state index contributed by atoms with van der Waals surface area (Å²) in [5, 5.41) is 3.00. The van der Waals surface area contributed by atoms with Crippen molar-refractivity contribution >= 4 is 5.91 Å². The maximum atomic E-state index is 11.9. The molecule has 2 rings (SSSR count). The van der Waals surface area contributed by atoms with Gasteiger partial charge in [0.25, 0.3) is 0 Å². The van der Waals surface area contributed by atoms with Crippen molar-refractivity contribution in [2.75, 3.05) is 26.7 Å². The van der Waals surface area contributed by atoms with Gasteiger partial charge in [0.15, 0.2) is 0 Å². The number of ether oxygens (including phenoxy) is 1. The van der Waals surface area contributed by atoms with Gasteiger partial charge in [0.2, 0.25) is 5.91 Å². The minimum absolute atomic E-state index is 0.0289. The van der Waals surface area contributed by atoms with Crippen LogP contribution < -0.4 is 11.1 Å². The Hall–Kier alpha value is -0.650. The number of likely N-dealkylation sites (N-methyl/N-ethyl adjacent to an activating group) is 1. The Morgan fingerprint density at radius 3 is 2.88 bits per heavy atom. The van der Waals surface area contributed by atoms with Gasteiger partial charge in [-0.25, -0.2) is 0 Å². The number of amides is 1. The first-order valence-electron chi connectivity index (χ1n) is 6.54. The molecule has 0 aromatic rings. The van der Waals surface area contributed by atoms with E-state index in [-0.39, 0.29) is 18.1 Å². The molecule has 3 atom stereocenters. The molecule has 2 aliphatic rings. The van der Waals surface area contributed by atoms with Crippen LogP contribution in [0.2, 0.25) is 0 Å². The van der Waals surface area contributed by atoms with Gasteiger partial charge in [-0.15, -0.1) is 0 Å². The summed E-state index contributed by atoms with van der Waals surface area (Å²) in [6.07, 6.45) is 3.89. The average molecular weight is 241 g/mol. The average Bonchev–Trinajstić information content (AvgIpc) is 2.94. The number of hydrogen-bond donors (Lipinski definition) is 2. The Morgan fingerprint density at radius 2 is 2.29 bits per heavy atom. The molecular formula is C12H23N3O2. The number of rotatable bonds is 4. The van der Waals surface area contributed by atoms with E-state index in [0.29, 0.717) is 12.6 Å². The van der Waals surface area contributed by atoms with E-state index in [9.17, 15) is 4.79 Å². The van der Waals surface area contributed by atoms with Gasteiger partial charge >= 0.3 is 0 Å². The maximum Gasteiger partial charge on any atom is 0.249 e. The fourth-order valence-corrected chi connectivity index (χ4v) is 2.64. The molecule has 98 valence electrons. The topological polar surface area (TPSA) is 67.6 Å². The normalized spacial score (nSPS) is 34.1. The Balaban J connectivity index is 1.70. The third kappa shape index (κ3) is 3.18. The SMILES string of the molecule is CN1CCCC1CNC(=O)[C@@H]1CC[C@H](CN)O1. The second kappa shape index (κ2) is 5.80. The quantitative estimate of drug-likeness (QED) is 0.709. The monoisotopic (exact) mass is 241 g/mol. The van der Waals surface area contributed by atoms with Gasteiger partial charge in [-0.1, -0.05) is 0 Å². The van der Waals surface area contributed by atoms with Gasteiger partial charge in [0.1, 0.15) is 6.10 Å². The van der Waals surface area contributed by atoms with E-state index in [1.54, 1.807) is 0 Å². The smallest absolute Gasteiger partial charge is 0.249 e. The zero-order chi connectivity index (χ0) is 12.3. The minimum Gasteiger partial charge on any atom is -0.364 e. The van der Waals surface area contributed by atoms with Crippen LogP contribution in [0.1, 0.15) is 25.7 Å². The largest absolute Gasteiger partial charge is 0.364 e. The predicted octanol–water partition coefficient (Wildman–Crippen LogP) is -0.297. The molecule has 1 unspecified atom stereocenters. The lowest BCUT2D eigenvalue weighted by molar-refractivity contribution is -0.132. The van der Waals surface area contributed by atoms with Crippen LogP contribution in [-0.2, 0) is 9.53 Å². The molecule has 17 heavy (non-hydrogen) atoms. The molecule has 0 saturated carbocycles. The van der Waals surface area contributed by atoms with Crippen LogP contribution in [0.15, 0.2) is 0 Å². The van der Waals surface area contributed by atoms with Crippen molar-refractivity contribution in [2.45, 2.75) is 43.9 Å². The number of nitrogens with zero attached hydrogens (tertiary/aromatic N) is 1. The van der Waals surface area contributed by atoms with E-state index in [1.807, 2.05) is 0 Å². The first-order valence-corrected chi connectivity index (χ1v) is 6.54. The second-order valence-electron chi connectivity index (χ2n) is 5.08. The van der Waals surface area contributed by atoms with Gasteiger partial charge in [0.05, 0.1) is 6.10 Å². The van der Waals surface area contributed by atoms with E-state index in [2.05, 4.69) is 17.3 Å². The second-order valence-corrected chi connectivity index (χ2v) is 5.08. The molecule has 2 saturated heterocycles. The van der Waals surface area contributed by atoms with Crippen molar-refractivity contribution in [3.8, 4) is 0 Å². The lowest BCUT2D eigenvalue weighted by Gasteiger charge is -2.20. The van der Waals surface area contributed by atoms with E-state index < -0.39 is 0 Å². The van der Waals surface area contributed by atoms with Gasteiger partial charge in [0, 0.05) is 19.1 Å². The van der Waals surface area contributed by atoms with Crippen molar-refractivity contribution in [2.24, 2.45) is 5.73 Å². The Bertz CT molecular complexity index is 272. The molecule has 0 spiro atoms. The van der Waals surface area contributed by atoms with Gasteiger partial charge in [-0.3, -0.25) is 4.79 Å². The summed E-state index contributed by atoms with van der Waals surface area (Å²) in [4.78, 5) is 14.2. The summed E-state index contributed by atoms with van der Waals surface area (Å²) in [6, 6.07) is 0.491. The standard InChI is InChI=1S/C12H23N3O2/c1-15-6-2-3-9(15)8-14-12(16)11-5-4-10(7-13)17-11/h9-11H,2-8,13H2,1H3,(H,14,16)/t9?,10-,11+/m1/s1. The fraction of sp³-hybridized carbons (Fsp3) is 0.917. The van der Waals surface area contributed by atoms with Gasteiger partial charge in [-0.2, -0.15) is 0 Å². The highest BCUT2D eigenvalue weighted by Gasteiger charge is 2.30. The van der Waals surface area contributed by atoms with Crippen molar-refractivity contribution in [1.29, 1.82) is 0 Å². The first kappa shape index (κ1) is 12.8. The molecule has 0 bridgehead atoms. The predicted molar refractivity (Wildman–Crippen MR) is 65.6 cm³/mol. The number of nitrogens with one attached hydrogen (secondary N) is 1. The lowest BCUT2D eigenvalue weighted by Crippen LogP contribution is -2.42. The Morgan fingerprint density at radius 1 is 1.47 bits per heavy atom. The van der Waals surface area contributed by atoms with Crippen LogP contribution in [0.5, 0.6) is 0 Å². The Labute approximate surface area is 103 Å². The number of carbonyl (C=O) groups is 1. The molecule has 3 N–H and O–H groups in total. The van der Waals surface area contributed by atoms with Crippen molar-refractivity contribution < 1.29 is 9.53 Å². The molecule has 5 nitrogen and oxygen atoms in total. The number of nitrogens with two attached hydrogens (primary N) is 1. The molecule has 2 fully saturated rings. The zero-order valence-corrected chi connectivity index (χ0v) is 10.5. The van der Waals surface area contributed by atoms with Crippen LogP contribution >= 0.6 is 0 Å². The lowest BCUT2D eigenvalue weighted by atomic mass is 10.2. The summed E-state index contributed by atoms with van der Waals surface area (Å²) in [7, 11) is 2.11. The fourth-order valence-electron chi connectivity index (χ4n) is 2.64. The highest BCUT2D eigenvalue weighted by molar-refractivity contribution is 5.81. The van der Waals surface area contributed by atoms with Crippen molar-refractivity contribution in [3.63, 3.8) is 0 Å². The van der Waals surface area contributed by atoms with Crippen molar-refractivity contribution in [1.82, 2.24) is 10.2 Å². The van der Waals surface area contributed by atoms with E-state index in [0.717, 1.165) is 25.9 Å². The number of carbonyl (C=O) groups excluding carboxylic acids is 1. The van der Waals surface area contributed by atoms with Crippen molar-refractivity contribution in [3.05, 3.63) is 0 Å². The van der Waals surface area contributed by atoms with Crippen LogP contribution in [0.3, 0.4) is 0 Å². The third-order valence-electron chi connectivity index (χ3n) is 3.85. The first-order chi connectivity index (χ1) is 8.20. The summed E-state index contributed by atoms with van der Waals surface area (Å²) in [6.45, 7) is 2.38. The van der Waals surface area contributed by atoms with Crippen LogP contribution in [0.4, 0.5) is 0 Å². The number of hydrogen-bond acceptors (Lipinski definition) is 4. The molecular weight excluding hydrogens is 218 g/mol. The summed E-state index contributed by atoms with van der Waals surface area (Å²) >= 11 is 0. The molecule has 0 aromatic carbocycles. The molecule has 0 aliphatic carbocycles. The molecule has 0 radical (unpaired) electrons. The maximum absolute atomic E-state index is 11.9. The van der Waals surface area contributed by atoms with Gasteiger partial charge in [-0.05, 0) is 39.3 Å². The number of likely N-dealkylation sites (tertiary alicyclic amines) is 1. The highest BCUT2D eigenvalue weighted by Crippen LogP contribution is 2.19. The molecule has 2 aliphatic heterocycles. The summed E-state index contributed by atoms with van der Waals surface area (Å²) in [5.41, 5.74) is 5.52. The molecule has 0 aromatic heterocycles. The van der Waals surface area contributed by atoms with E-state index in [1.165, 1.54) is 12.8 Å². The van der Waals surface area contributed by atoms with Crippen LogP contribution in [0.25, 0.3) is 0 Å².